The largest absolute Gasteiger partial charge is 0.511 e. The summed E-state index contributed by atoms with van der Waals surface area (Å²) in [6, 6.07) is 10.3. The lowest BCUT2D eigenvalue weighted by Crippen LogP contribution is -2.17. The maximum Gasteiger partial charge on any atom is 0.511 e. The average Bonchev–Trinajstić information content (AvgIpc) is 3.15. The van der Waals surface area contributed by atoms with Gasteiger partial charge in [-0.15, -0.1) is 0 Å². The number of hydrogen-bond acceptors (Lipinski definition) is 6. The molecule has 0 radical (unpaired) electrons. The van der Waals surface area contributed by atoms with Gasteiger partial charge in [0.2, 0.25) is 6.79 Å². The van der Waals surface area contributed by atoms with Crippen LogP contribution >= 0.6 is 0 Å². The van der Waals surface area contributed by atoms with Crippen LogP contribution in [-0.4, -0.2) is 42.1 Å². The van der Waals surface area contributed by atoms with E-state index in [4.69, 9.17) is 14.2 Å². The molecule has 1 aromatic heterocycles. The second-order valence-corrected chi connectivity index (χ2v) is 8.94. The Bertz CT molecular complexity index is 982. The van der Waals surface area contributed by atoms with E-state index >= 15 is 0 Å². The summed E-state index contributed by atoms with van der Waals surface area (Å²) in [5.74, 6) is 0.530. The molecule has 0 saturated carbocycles. The molecule has 0 bridgehead atoms. The number of rotatable bonds is 9. The highest BCUT2D eigenvalue weighted by atomic mass is 16.8. The fraction of sp³-hybridized carbons (Fsp3) is 0.500. The van der Waals surface area contributed by atoms with Crippen LogP contribution in [0.3, 0.4) is 0 Å². The zero-order valence-corrected chi connectivity index (χ0v) is 21.1. The molecule has 0 N–H and O–H groups in total. The molecule has 0 spiro atoms. The van der Waals surface area contributed by atoms with Crippen LogP contribution in [0.4, 0.5) is 4.79 Å². The van der Waals surface area contributed by atoms with E-state index in [2.05, 4.69) is 55.1 Å². The van der Waals surface area contributed by atoms with Crippen molar-refractivity contribution in [2.45, 2.75) is 73.0 Å². The third-order valence-electron chi connectivity index (χ3n) is 5.25. The average molecular weight is 456 g/mol. The predicted octanol–water partition coefficient (Wildman–Crippen LogP) is 6.00. The highest BCUT2D eigenvalue weighted by Crippen LogP contribution is 2.30. The van der Waals surface area contributed by atoms with Crippen molar-refractivity contribution >= 4 is 23.7 Å². The van der Waals surface area contributed by atoms with Crippen LogP contribution < -0.4 is 0 Å². The van der Waals surface area contributed by atoms with E-state index in [1.54, 1.807) is 13.3 Å². The molecular formula is C26H37N3O4. The van der Waals surface area contributed by atoms with E-state index < -0.39 is 6.16 Å². The van der Waals surface area contributed by atoms with E-state index in [1.165, 1.54) is 5.56 Å². The molecule has 0 aliphatic heterocycles. The first-order chi connectivity index (χ1) is 15.6. The molecule has 0 saturated heterocycles. The first-order valence-corrected chi connectivity index (χ1v) is 11.4. The van der Waals surface area contributed by atoms with Gasteiger partial charge in [-0.2, -0.15) is 5.10 Å². The van der Waals surface area contributed by atoms with Gasteiger partial charge in [0.15, 0.2) is 5.76 Å². The Morgan fingerprint density at radius 1 is 1.18 bits per heavy atom. The minimum atomic E-state index is -0.760. The van der Waals surface area contributed by atoms with Gasteiger partial charge < -0.3 is 14.2 Å². The van der Waals surface area contributed by atoms with Crippen molar-refractivity contribution in [1.82, 2.24) is 9.78 Å². The second kappa shape index (κ2) is 11.7. The van der Waals surface area contributed by atoms with Gasteiger partial charge in [0.05, 0.1) is 5.69 Å². The molecule has 1 aromatic carbocycles. The van der Waals surface area contributed by atoms with Gasteiger partial charge in [-0.05, 0) is 49.8 Å². The zero-order valence-electron chi connectivity index (χ0n) is 21.1. The van der Waals surface area contributed by atoms with Crippen LogP contribution in [0.15, 0.2) is 35.3 Å². The molecule has 33 heavy (non-hydrogen) atoms. The maximum atomic E-state index is 12.0. The topological polar surface area (TPSA) is 74.9 Å². The molecule has 180 valence electrons. The quantitative estimate of drug-likeness (QED) is 0.200. The number of carbonyl (C=O) groups is 1. The Labute approximate surface area is 197 Å². The lowest BCUT2D eigenvalue weighted by Gasteiger charge is -2.20. The van der Waals surface area contributed by atoms with E-state index in [-0.39, 0.29) is 18.3 Å². The number of ether oxygens (including phenoxy) is 3. The summed E-state index contributed by atoms with van der Waals surface area (Å²) in [5, 5.41) is 4.55. The first kappa shape index (κ1) is 26.2. The summed E-state index contributed by atoms with van der Waals surface area (Å²) in [7, 11) is 1.71. The molecule has 1 heterocycles. The normalized spacial score (nSPS) is 13.6. The van der Waals surface area contributed by atoms with Crippen molar-refractivity contribution < 1.29 is 19.0 Å². The van der Waals surface area contributed by atoms with E-state index in [9.17, 15) is 4.79 Å². The van der Waals surface area contributed by atoms with Crippen molar-refractivity contribution in [3.05, 3.63) is 52.8 Å². The van der Waals surface area contributed by atoms with Gasteiger partial charge in [-0.1, -0.05) is 52.0 Å². The molecule has 7 heteroatoms. The zero-order chi connectivity index (χ0) is 24.6. The number of carbonyl (C=O) groups excluding carboxylic acids is 1. The summed E-state index contributed by atoms with van der Waals surface area (Å²) in [6.45, 7) is 14.6. The lowest BCUT2D eigenvalue weighted by atomic mass is 9.86. The second-order valence-electron chi connectivity index (χ2n) is 8.94. The smallest absolute Gasteiger partial charge is 0.454 e. The molecule has 0 fully saturated rings. The summed E-state index contributed by atoms with van der Waals surface area (Å²) < 4.78 is 18.3. The third kappa shape index (κ3) is 7.20. The predicted molar refractivity (Wildman–Crippen MR) is 132 cm³/mol. The molecule has 2 aromatic rings. The third-order valence-corrected chi connectivity index (χ3v) is 5.25. The van der Waals surface area contributed by atoms with Crippen LogP contribution in [0.2, 0.25) is 0 Å². The fourth-order valence-corrected chi connectivity index (χ4v) is 3.22. The number of benzene rings is 1. The van der Waals surface area contributed by atoms with E-state index in [1.807, 2.05) is 38.4 Å². The Balaban J connectivity index is 2.48. The highest BCUT2D eigenvalue weighted by molar-refractivity contribution is 6.18. The van der Waals surface area contributed by atoms with Crippen LogP contribution in [0, 0.1) is 6.92 Å². The highest BCUT2D eigenvalue weighted by Gasteiger charge is 2.20. The molecule has 2 rings (SSSR count). The van der Waals surface area contributed by atoms with Crippen LogP contribution in [0.5, 0.6) is 0 Å². The number of nitrogens with zero attached hydrogens (tertiary/aromatic N) is 3. The fourth-order valence-electron chi connectivity index (χ4n) is 3.22. The Kier molecular flexibility index (Phi) is 9.26. The van der Waals surface area contributed by atoms with Gasteiger partial charge in [0, 0.05) is 25.4 Å². The summed E-state index contributed by atoms with van der Waals surface area (Å²) in [4.78, 5) is 16.2. The van der Waals surface area contributed by atoms with Crippen LogP contribution in [-0.2, 0) is 26.2 Å². The summed E-state index contributed by atoms with van der Waals surface area (Å²) in [6.07, 6.45) is 1.48. The maximum absolute atomic E-state index is 12.0. The van der Waals surface area contributed by atoms with Crippen molar-refractivity contribution in [2.24, 2.45) is 4.99 Å². The van der Waals surface area contributed by atoms with Crippen molar-refractivity contribution in [2.75, 3.05) is 13.8 Å². The monoisotopic (exact) mass is 455 g/mol. The van der Waals surface area contributed by atoms with Crippen molar-refractivity contribution in [3.63, 3.8) is 0 Å². The molecule has 0 aliphatic carbocycles. The molecule has 0 aliphatic rings. The van der Waals surface area contributed by atoms with Gasteiger partial charge in [0.25, 0.3) is 0 Å². The molecular weight excluding hydrogens is 418 g/mol. The number of aryl methyl sites for hydroxylation is 2. The van der Waals surface area contributed by atoms with Crippen LogP contribution in [0.1, 0.15) is 70.5 Å². The summed E-state index contributed by atoms with van der Waals surface area (Å²) >= 11 is 0. The molecule has 0 amide bonds. The number of aliphatic imine (C=N–C) groups is 1. The van der Waals surface area contributed by atoms with Gasteiger partial charge >= 0.3 is 6.16 Å². The van der Waals surface area contributed by atoms with Gasteiger partial charge in [0.1, 0.15) is 11.8 Å². The molecule has 1 atom stereocenters. The minimum absolute atomic E-state index is 0.0440. The van der Waals surface area contributed by atoms with E-state index in [0.717, 1.165) is 22.5 Å². The first-order valence-electron chi connectivity index (χ1n) is 11.4. The van der Waals surface area contributed by atoms with Gasteiger partial charge in [-0.3, -0.25) is 9.67 Å². The molecule has 1 unspecified atom stereocenters. The number of aromatic nitrogens is 2. The minimum Gasteiger partial charge on any atom is -0.454 e. The van der Waals surface area contributed by atoms with Crippen molar-refractivity contribution in [1.29, 1.82) is 0 Å². The van der Waals surface area contributed by atoms with Gasteiger partial charge in [-0.25, -0.2) is 4.79 Å². The van der Waals surface area contributed by atoms with Crippen LogP contribution in [0.25, 0.3) is 11.3 Å². The Morgan fingerprint density at radius 2 is 1.85 bits per heavy atom. The lowest BCUT2D eigenvalue weighted by molar-refractivity contribution is -0.0206. The summed E-state index contributed by atoms with van der Waals surface area (Å²) in [5.41, 5.74) is 4.62. The Hall–Kier alpha value is -3.09. The number of allylic oxidation sites excluding steroid dienone is 1. The van der Waals surface area contributed by atoms with E-state index in [0.29, 0.717) is 18.7 Å². The Morgan fingerprint density at radius 3 is 2.39 bits per heavy atom. The van der Waals surface area contributed by atoms with Crippen molar-refractivity contribution in [3.8, 4) is 0 Å². The molecule has 7 nitrogen and oxygen atoms in total. The standard InChI is InChI=1S/C26H37N3O4/c1-9-19(4)33-25(30)32-17-31-24(23-15-18(3)28-29(23)10-2)22(16-27-8)20-11-13-21(14-12-20)26(5,6)7/h11-16,19H,9-10,17H2,1-8H3/b24-22-,27-16-. The SMILES string of the molecule is CCC(C)OC(=O)OCO/C(=C(/C=N\C)c1ccc(C(C)(C)C)cc1)c1cc(C)nn1CC. The number of hydrogen-bond donors (Lipinski definition) is 0.